The number of carbonyl (C=O) groups is 1. The fourth-order valence-electron chi connectivity index (χ4n) is 3.09. The van der Waals surface area contributed by atoms with Crippen molar-refractivity contribution in [3.05, 3.63) is 57.8 Å². The van der Waals surface area contributed by atoms with Crippen molar-refractivity contribution in [3.63, 3.8) is 0 Å². The van der Waals surface area contributed by atoms with Crippen LogP contribution in [0.15, 0.2) is 35.8 Å². The molecule has 0 aliphatic carbocycles. The predicted molar refractivity (Wildman–Crippen MR) is 106 cm³/mol. The Balaban J connectivity index is 1.58. The van der Waals surface area contributed by atoms with E-state index in [1.807, 2.05) is 43.5 Å². The van der Waals surface area contributed by atoms with Gasteiger partial charge in [-0.2, -0.15) is 0 Å². The van der Waals surface area contributed by atoms with Crippen molar-refractivity contribution in [1.29, 1.82) is 0 Å². The van der Waals surface area contributed by atoms with Gasteiger partial charge in [-0.15, -0.1) is 11.3 Å². The quantitative estimate of drug-likeness (QED) is 0.551. The largest absolute Gasteiger partial charge is 0.497 e. The summed E-state index contributed by atoms with van der Waals surface area (Å²) in [6.07, 6.45) is 1.79. The molecule has 0 bridgehead atoms. The van der Waals surface area contributed by atoms with Crippen LogP contribution in [0, 0.1) is 13.8 Å². The van der Waals surface area contributed by atoms with Crippen LogP contribution in [0.1, 0.15) is 26.8 Å². The lowest BCUT2D eigenvalue weighted by atomic mass is 10.2. The Morgan fingerprint density at radius 3 is 2.93 bits per heavy atom. The maximum Gasteiger partial charge on any atom is 0.259 e. The molecule has 0 radical (unpaired) electrons. The van der Waals surface area contributed by atoms with Gasteiger partial charge in [0.05, 0.1) is 30.3 Å². The summed E-state index contributed by atoms with van der Waals surface area (Å²) in [4.78, 5) is 24.6. The number of ether oxygens (including phenoxy) is 1. The number of hydrogen-bond donors (Lipinski definition) is 2. The van der Waals surface area contributed by atoms with E-state index >= 15 is 0 Å². The molecule has 138 valence electrons. The summed E-state index contributed by atoms with van der Waals surface area (Å²) in [7, 11) is 1.61. The molecule has 0 aliphatic rings. The molecule has 8 heteroatoms. The lowest BCUT2D eigenvalue weighted by Crippen LogP contribution is -2.14. The molecule has 2 N–H and O–H groups in total. The van der Waals surface area contributed by atoms with Gasteiger partial charge in [0.1, 0.15) is 10.8 Å². The van der Waals surface area contributed by atoms with Gasteiger partial charge >= 0.3 is 0 Å². The Bertz CT molecular complexity index is 1110. The summed E-state index contributed by atoms with van der Waals surface area (Å²) >= 11 is 1.60. The first kappa shape index (κ1) is 17.3. The minimum absolute atomic E-state index is 0.195. The van der Waals surface area contributed by atoms with Gasteiger partial charge < -0.3 is 14.3 Å². The van der Waals surface area contributed by atoms with Crippen molar-refractivity contribution in [2.24, 2.45) is 0 Å². The van der Waals surface area contributed by atoms with E-state index in [0.717, 1.165) is 33.2 Å². The number of amides is 1. The van der Waals surface area contributed by atoms with Crippen molar-refractivity contribution >= 4 is 34.2 Å². The number of aryl methyl sites for hydroxylation is 1. The molecule has 1 amide bonds. The summed E-state index contributed by atoms with van der Waals surface area (Å²) < 4.78 is 7.31. The minimum atomic E-state index is -0.195. The number of anilines is 1. The van der Waals surface area contributed by atoms with Crippen LogP contribution in [0.2, 0.25) is 0 Å². The van der Waals surface area contributed by atoms with Gasteiger partial charge in [0, 0.05) is 29.0 Å². The van der Waals surface area contributed by atoms with Crippen LogP contribution < -0.4 is 10.1 Å². The lowest BCUT2D eigenvalue weighted by molar-refractivity contribution is 0.102. The number of aromatic nitrogens is 4. The van der Waals surface area contributed by atoms with E-state index in [-0.39, 0.29) is 5.91 Å². The summed E-state index contributed by atoms with van der Waals surface area (Å²) in [5.74, 6) is 0.947. The van der Waals surface area contributed by atoms with Gasteiger partial charge in [0.2, 0.25) is 5.95 Å². The van der Waals surface area contributed by atoms with Gasteiger partial charge in [0.15, 0.2) is 0 Å². The number of nitrogens with zero attached hydrogens (tertiary/aromatic N) is 3. The highest BCUT2D eigenvalue weighted by atomic mass is 32.1. The van der Waals surface area contributed by atoms with Gasteiger partial charge in [-0.05, 0) is 32.0 Å². The Morgan fingerprint density at radius 1 is 1.33 bits per heavy atom. The van der Waals surface area contributed by atoms with E-state index in [2.05, 4.69) is 24.8 Å². The van der Waals surface area contributed by atoms with E-state index in [1.54, 1.807) is 24.6 Å². The second kappa shape index (κ2) is 6.88. The van der Waals surface area contributed by atoms with Crippen molar-refractivity contribution in [2.45, 2.75) is 20.4 Å². The van der Waals surface area contributed by atoms with E-state index in [9.17, 15) is 4.79 Å². The molecule has 0 saturated heterocycles. The first-order chi connectivity index (χ1) is 13.0. The van der Waals surface area contributed by atoms with Crippen LogP contribution in [0.5, 0.6) is 5.75 Å². The zero-order valence-corrected chi connectivity index (χ0v) is 16.1. The molecule has 4 aromatic rings. The number of carbonyl (C=O) groups excluding carboxylic acids is 1. The highest BCUT2D eigenvalue weighted by Crippen LogP contribution is 2.22. The van der Waals surface area contributed by atoms with Gasteiger partial charge in [0.25, 0.3) is 5.91 Å². The Morgan fingerprint density at radius 2 is 2.19 bits per heavy atom. The maximum absolute atomic E-state index is 12.8. The second-order valence-corrected chi connectivity index (χ2v) is 7.20. The zero-order chi connectivity index (χ0) is 19.0. The molecule has 3 aromatic heterocycles. The van der Waals surface area contributed by atoms with Crippen LogP contribution in [-0.2, 0) is 6.54 Å². The molecular weight excluding hydrogens is 362 g/mol. The van der Waals surface area contributed by atoms with Crippen LogP contribution in [0.25, 0.3) is 11.0 Å². The molecule has 0 saturated carbocycles. The maximum atomic E-state index is 12.8. The first-order valence-corrected chi connectivity index (χ1v) is 9.33. The Hall–Kier alpha value is -3.13. The molecule has 7 nitrogen and oxygen atoms in total. The molecule has 1 aromatic carbocycles. The summed E-state index contributed by atoms with van der Waals surface area (Å²) in [6.45, 7) is 4.59. The number of fused-ring (bicyclic) bond motifs is 1. The smallest absolute Gasteiger partial charge is 0.259 e. The molecule has 0 atom stereocenters. The van der Waals surface area contributed by atoms with Crippen molar-refractivity contribution in [2.75, 3.05) is 12.4 Å². The van der Waals surface area contributed by atoms with Gasteiger partial charge in [-0.3, -0.25) is 10.1 Å². The average Bonchev–Trinajstić information content (AvgIpc) is 3.36. The average molecular weight is 381 g/mol. The van der Waals surface area contributed by atoms with Crippen molar-refractivity contribution < 1.29 is 9.53 Å². The van der Waals surface area contributed by atoms with E-state index in [0.29, 0.717) is 18.1 Å². The van der Waals surface area contributed by atoms with E-state index < -0.39 is 0 Å². The number of thiazole rings is 1. The molecule has 0 aliphatic heterocycles. The number of imidazole rings is 1. The topological polar surface area (TPSA) is 84.8 Å². The summed E-state index contributed by atoms with van der Waals surface area (Å²) in [6, 6.07) is 7.42. The first-order valence-electron chi connectivity index (χ1n) is 8.45. The fourth-order valence-corrected chi connectivity index (χ4v) is 3.69. The number of aromatic amines is 1. The SMILES string of the molecule is COc1ccc2nc(NC(=O)c3cc(C)n(Cc4nccs4)c3C)[nH]c2c1. The van der Waals surface area contributed by atoms with Gasteiger partial charge in [-0.25, -0.2) is 9.97 Å². The highest BCUT2D eigenvalue weighted by molar-refractivity contribution is 7.09. The van der Waals surface area contributed by atoms with Crippen LogP contribution >= 0.6 is 11.3 Å². The summed E-state index contributed by atoms with van der Waals surface area (Å²) in [5, 5.41) is 5.81. The molecule has 3 heterocycles. The van der Waals surface area contributed by atoms with Crippen LogP contribution in [0.4, 0.5) is 5.95 Å². The zero-order valence-electron chi connectivity index (χ0n) is 15.2. The number of hydrogen-bond acceptors (Lipinski definition) is 5. The Kier molecular flexibility index (Phi) is 4.41. The van der Waals surface area contributed by atoms with Crippen molar-refractivity contribution in [3.8, 4) is 5.75 Å². The van der Waals surface area contributed by atoms with Crippen LogP contribution in [-0.4, -0.2) is 32.5 Å². The van der Waals surface area contributed by atoms with E-state index in [1.165, 1.54) is 0 Å². The predicted octanol–water partition coefficient (Wildman–Crippen LogP) is 3.75. The number of nitrogens with one attached hydrogen (secondary N) is 2. The van der Waals surface area contributed by atoms with Gasteiger partial charge in [-0.1, -0.05) is 0 Å². The lowest BCUT2D eigenvalue weighted by Gasteiger charge is -2.07. The number of benzene rings is 1. The monoisotopic (exact) mass is 381 g/mol. The minimum Gasteiger partial charge on any atom is -0.497 e. The third-order valence-electron chi connectivity index (χ3n) is 4.52. The number of methoxy groups -OCH3 is 1. The van der Waals surface area contributed by atoms with Crippen LogP contribution in [0.3, 0.4) is 0 Å². The standard InChI is InChI=1S/C19H19N5O2S/c1-11-8-14(12(2)24(11)10-17-20-6-7-27-17)18(25)23-19-21-15-5-4-13(26-3)9-16(15)22-19/h4-9H,10H2,1-3H3,(H2,21,22,23,25). The summed E-state index contributed by atoms with van der Waals surface area (Å²) in [5.41, 5.74) is 4.11. The third kappa shape index (κ3) is 3.31. The second-order valence-electron chi connectivity index (χ2n) is 6.22. The molecule has 4 rings (SSSR count). The molecular formula is C19H19N5O2S. The number of H-pyrrole nitrogens is 1. The fraction of sp³-hybridized carbons (Fsp3) is 0.211. The molecule has 0 spiro atoms. The Labute approximate surface area is 160 Å². The molecule has 0 fully saturated rings. The third-order valence-corrected chi connectivity index (χ3v) is 5.28. The molecule has 0 unspecified atom stereocenters. The highest BCUT2D eigenvalue weighted by Gasteiger charge is 2.17. The number of rotatable bonds is 5. The molecule has 27 heavy (non-hydrogen) atoms. The van der Waals surface area contributed by atoms with Crippen molar-refractivity contribution in [1.82, 2.24) is 19.5 Å². The normalized spacial score (nSPS) is 11.1. The van der Waals surface area contributed by atoms with E-state index in [4.69, 9.17) is 4.74 Å².